The Morgan fingerprint density at radius 3 is 1.33 bits per heavy atom. The lowest BCUT2D eigenvalue weighted by Crippen LogP contribution is -2.42. The minimum absolute atomic E-state index is 0.0908. The number of aliphatic carboxylic acids is 1. The van der Waals surface area contributed by atoms with Crippen molar-refractivity contribution in [1.82, 2.24) is 5.09 Å². The SMILES string of the molecule is O=C(O)CN[P+](c1ccccc1)(c1ccccc1)c1ccccc1. The number of hydrogen-bond donors (Lipinski definition) is 2. The number of carbonyl (C=O) groups is 1. The Hall–Kier alpha value is -2.48. The van der Waals surface area contributed by atoms with E-state index in [1.54, 1.807) is 0 Å². The van der Waals surface area contributed by atoms with E-state index in [0.29, 0.717) is 0 Å². The van der Waals surface area contributed by atoms with E-state index in [2.05, 4.69) is 41.5 Å². The molecule has 0 radical (unpaired) electrons. The van der Waals surface area contributed by atoms with Gasteiger partial charge in [-0.2, -0.15) is 5.09 Å². The van der Waals surface area contributed by atoms with E-state index in [1.807, 2.05) is 54.6 Å². The van der Waals surface area contributed by atoms with Gasteiger partial charge in [-0.1, -0.05) is 54.6 Å². The molecular formula is C20H19NO2P+. The molecule has 0 fully saturated rings. The molecule has 0 saturated heterocycles. The largest absolute Gasteiger partial charge is 0.480 e. The second-order valence-electron chi connectivity index (χ2n) is 5.41. The van der Waals surface area contributed by atoms with Gasteiger partial charge in [-0.15, -0.1) is 0 Å². The third-order valence-corrected chi connectivity index (χ3v) is 7.75. The highest BCUT2D eigenvalue weighted by atomic mass is 31.2. The van der Waals surface area contributed by atoms with Crippen molar-refractivity contribution in [1.29, 1.82) is 0 Å². The highest BCUT2D eigenvalue weighted by Gasteiger charge is 2.45. The van der Waals surface area contributed by atoms with E-state index in [9.17, 15) is 9.90 Å². The van der Waals surface area contributed by atoms with Crippen LogP contribution in [0, 0.1) is 0 Å². The van der Waals surface area contributed by atoms with Crippen LogP contribution in [-0.2, 0) is 4.79 Å². The van der Waals surface area contributed by atoms with E-state index in [-0.39, 0.29) is 6.54 Å². The van der Waals surface area contributed by atoms with E-state index < -0.39 is 13.4 Å². The van der Waals surface area contributed by atoms with E-state index >= 15 is 0 Å². The first-order valence-electron chi connectivity index (χ1n) is 7.76. The molecule has 120 valence electrons. The maximum Gasteiger partial charge on any atom is 0.321 e. The highest BCUT2D eigenvalue weighted by Crippen LogP contribution is 2.50. The minimum Gasteiger partial charge on any atom is -0.480 e. The summed E-state index contributed by atoms with van der Waals surface area (Å²) in [5, 5.41) is 16.0. The maximum atomic E-state index is 11.3. The van der Waals surface area contributed by atoms with Gasteiger partial charge in [-0.05, 0) is 36.4 Å². The van der Waals surface area contributed by atoms with Crippen molar-refractivity contribution in [3.8, 4) is 0 Å². The molecule has 3 aromatic carbocycles. The van der Waals surface area contributed by atoms with Crippen LogP contribution < -0.4 is 21.0 Å². The average Bonchev–Trinajstić information content (AvgIpc) is 2.65. The zero-order valence-electron chi connectivity index (χ0n) is 13.2. The summed E-state index contributed by atoms with van der Waals surface area (Å²) in [6, 6.07) is 30.4. The molecule has 0 unspecified atom stereocenters. The lowest BCUT2D eigenvalue weighted by Gasteiger charge is -2.27. The summed E-state index contributed by atoms with van der Waals surface area (Å²) in [6.07, 6.45) is 0. The van der Waals surface area contributed by atoms with Crippen LogP contribution in [-0.4, -0.2) is 17.6 Å². The Kier molecular flexibility index (Phi) is 5.05. The lowest BCUT2D eigenvalue weighted by atomic mass is 10.4. The number of rotatable bonds is 6. The van der Waals surface area contributed by atoms with Crippen LogP contribution in [0.15, 0.2) is 91.0 Å². The molecule has 0 bridgehead atoms. The Morgan fingerprint density at radius 2 is 1.04 bits per heavy atom. The Bertz CT molecular complexity index is 695. The molecule has 0 saturated carbocycles. The summed E-state index contributed by atoms with van der Waals surface area (Å²) in [5.41, 5.74) is 0. The number of benzene rings is 3. The van der Waals surface area contributed by atoms with Gasteiger partial charge in [0.25, 0.3) is 0 Å². The van der Waals surface area contributed by atoms with Crippen LogP contribution in [0.4, 0.5) is 0 Å². The second-order valence-corrected chi connectivity index (χ2v) is 8.61. The van der Waals surface area contributed by atoms with Crippen LogP contribution in [0.2, 0.25) is 0 Å². The van der Waals surface area contributed by atoms with Gasteiger partial charge >= 0.3 is 5.97 Å². The fourth-order valence-corrected chi connectivity index (χ4v) is 6.53. The van der Waals surface area contributed by atoms with Crippen LogP contribution in [0.5, 0.6) is 0 Å². The summed E-state index contributed by atoms with van der Waals surface area (Å²) in [5.74, 6) is -0.859. The van der Waals surface area contributed by atoms with Crippen molar-refractivity contribution >= 4 is 29.3 Å². The van der Waals surface area contributed by atoms with E-state index in [1.165, 1.54) is 0 Å². The molecular weight excluding hydrogens is 317 g/mol. The molecule has 4 heteroatoms. The molecule has 2 N–H and O–H groups in total. The molecule has 0 atom stereocenters. The molecule has 0 spiro atoms. The molecule has 0 aliphatic rings. The Morgan fingerprint density at radius 1 is 0.708 bits per heavy atom. The first-order chi connectivity index (χ1) is 11.7. The zero-order chi connectivity index (χ0) is 16.8. The first-order valence-corrected chi connectivity index (χ1v) is 9.55. The molecule has 3 nitrogen and oxygen atoms in total. The maximum absolute atomic E-state index is 11.3. The van der Waals surface area contributed by atoms with Gasteiger partial charge < -0.3 is 5.11 Å². The average molecular weight is 336 g/mol. The molecule has 0 aromatic heterocycles. The van der Waals surface area contributed by atoms with Crippen molar-refractivity contribution < 1.29 is 9.90 Å². The topological polar surface area (TPSA) is 49.3 Å². The van der Waals surface area contributed by atoms with Crippen molar-refractivity contribution in [2.75, 3.05) is 6.54 Å². The zero-order valence-corrected chi connectivity index (χ0v) is 14.1. The fourth-order valence-electron chi connectivity index (χ4n) is 2.86. The predicted octanol–water partition coefficient (Wildman–Crippen LogP) is 2.57. The number of nitrogens with one attached hydrogen (secondary N) is 1. The molecule has 0 aliphatic heterocycles. The van der Waals surface area contributed by atoms with E-state index in [4.69, 9.17) is 0 Å². The van der Waals surface area contributed by atoms with Crippen LogP contribution in [0.1, 0.15) is 0 Å². The summed E-state index contributed by atoms with van der Waals surface area (Å²) < 4.78 is 0. The van der Waals surface area contributed by atoms with Gasteiger partial charge in [0.2, 0.25) is 0 Å². The van der Waals surface area contributed by atoms with Gasteiger partial charge in [0.15, 0.2) is 7.41 Å². The highest BCUT2D eigenvalue weighted by molar-refractivity contribution is 7.94. The predicted molar refractivity (Wildman–Crippen MR) is 101 cm³/mol. The van der Waals surface area contributed by atoms with E-state index in [0.717, 1.165) is 15.9 Å². The number of carboxylic acid groups (broad SMARTS) is 1. The Balaban J connectivity index is 2.26. The van der Waals surface area contributed by atoms with Gasteiger partial charge in [0.05, 0.1) is 0 Å². The fraction of sp³-hybridized carbons (Fsp3) is 0.0500. The van der Waals surface area contributed by atoms with Crippen molar-refractivity contribution in [3.63, 3.8) is 0 Å². The van der Waals surface area contributed by atoms with Crippen LogP contribution >= 0.6 is 7.41 Å². The van der Waals surface area contributed by atoms with Crippen molar-refractivity contribution in [3.05, 3.63) is 91.0 Å². The van der Waals surface area contributed by atoms with Gasteiger partial charge in [0.1, 0.15) is 22.5 Å². The third kappa shape index (κ3) is 3.23. The van der Waals surface area contributed by atoms with Crippen molar-refractivity contribution in [2.24, 2.45) is 0 Å². The summed E-state index contributed by atoms with van der Waals surface area (Å²) in [6.45, 7) is -0.0908. The van der Waals surface area contributed by atoms with Crippen LogP contribution in [0.25, 0.3) is 0 Å². The monoisotopic (exact) mass is 336 g/mol. The van der Waals surface area contributed by atoms with Gasteiger partial charge in [0, 0.05) is 0 Å². The molecule has 3 rings (SSSR count). The minimum atomic E-state index is -2.24. The lowest BCUT2D eigenvalue weighted by molar-refractivity contribution is -0.135. The molecule has 0 amide bonds. The Labute approximate surface area is 142 Å². The number of hydrogen-bond acceptors (Lipinski definition) is 2. The molecule has 0 heterocycles. The molecule has 0 aliphatic carbocycles. The van der Waals surface area contributed by atoms with Crippen molar-refractivity contribution in [2.45, 2.75) is 0 Å². The summed E-state index contributed by atoms with van der Waals surface area (Å²) in [7, 11) is -2.24. The van der Waals surface area contributed by atoms with Gasteiger partial charge in [-0.25, -0.2) is 0 Å². The van der Waals surface area contributed by atoms with Gasteiger partial charge in [-0.3, -0.25) is 4.79 Å². The second kappa shape index (κ2) is 7.39. The molecule has 24 heavy (non-hydrogen) atoms. The summed E-state index contributed by atoms with van der Waals surface area (Å²) >= 11 is 0. The smallest absolute Gasteiger partial charge is 0.321 e. The molecule has 3 aromatic rings. The summed E-state index contributed by atoms with van der Waals surface area (Å²) in [4.78, 5) is 11.3. The van der Waals surface area contributed by atoms with Crippen LogP contribution in [0.3, 0.4) is 0 Å². The third-order valence-electron chi connectivity index (χ3n) is 3.90. The normalized spacial score (nSPS) is 11.2. The number of carboxylic acids is 1. The quantitative estimate of drug-likeness (QED) is 0.680. The first kappa shape index (κ1) is 16.4. The standard InChI is InChI=1S/C20H18NO2P/c22-20(23)16-21-24(17-10-4-1-5-11-17,18-12-6-2-7-13-18)19-14-8-3-9-15-19/h1-15,21H,16H2/p+1.